The maximum absolute atomic E-state index is 13.5. The molecule has 6 nitrogen and oxygen atoms in total. The second kappa shape index (κ2) is 11.5. The minimum Gasteiger partial charge on any atom is -0.484 e. The van der Waals surface area contributed by atoms with Gasteiger partial charge in [0.2, 0.25) is 0 Å². The van der Waals surface area contributed by atoms with Crippen molar-refractivity contribution in [3.63, 3.8) is 0 Å². The molecule has 2 amide bonds. The number of nitrogens with two attached hydrogens (primary N) is 1. The average Bonchev–Trinajstić information content (AvgIpc) is 2.88. The predicted molar refractivity (Wildman–Crippen MR) is 134 cm³/mol. The molecule has 0 bridgehead atoms. The Kier molecular flexibility index (Phi) is 7.94. The average molecular weight is 458 g/mol. The third-order valence-electron chi connectivity index (χ3n) is 6.21. The van der Waals surface area contributed by atoms with Crippen molar-refractivity contribution in [2.45, 2.75) is 44.3 Å². The minimum atomic E-state index is -0.258. The van der Waals surface area contributed by atoms with Crippen molar-refractivity contribution >= 4 is 17.5 Å². The fraction of sp³-hybridized carbons (Fsp3) is 0.286. The first-order chi connectivity index (χ1) is 16.6. The number of amides is 2. The molecule has 0 radical (unpaired) electrons. The van der Waals surface area contributed by atoms with Gasteiger partial charge in [-0.2, -0.15) is 0 Å². The molecule has 0 spiro atoms. The van der Waals surface area contributed by atoms with Crippen LogP contribution >= 0.6 is 0 Å². The largest absolute Gasteiger partial charge is 0.484 e. The van der Waals surface area contributed by atoms with E-state index >= 15 is 0 Å². The predicted octanol–water partition coefficient (Wildman–Crippen LogP) is 4.62. The van der Waals surface area contributed by atoms with Crippen LogP contribution in [0.1, 0.15) is 41.6 Å². The molecule has 0 heterocycles. The van der Waals surface area contributed by atoms with E-state index in [0.717, 1.165) is 31.2 Å². The number of benzene rings is 3. The van der Waals surface area contributed by atoms with Crippen LogP contribution in [0.4, 0.5) is 5.69 Å². The van der Waals surface area contributed by atoms with Crippen LogP contribution < -0.4 is 15.8 Å². The van der Waals surface area contributed by atoms with Gasteiger partial charge in [0.25, 0.3) is 11.8 Å². The van der Waals surface area contributed by atoms with Gasteiger partial charge in [0.05, 0.1) is 0 Å². The molecule has 1 aliphatic rings. The molecule has 4 rings (SSSR count). The lowest BCUT2D eigenvalue weighted by atomic mass is 9.89. The molecule has 176 valence electrons. The van der Waals surface area contributed by atoms with Crippen molar-refractivity contribution in [3.8, 4) is 5.75 Å². The molecule has 3 aromatic carbocycles. The Hall–Kier alpha value is -3.64. The molecule has 2 atom stereocenters. The number of carbonyl (C=O) groups excluding carboxylic acids is 2. The minimum absolute atomic E-state index is 0.0449. The van der Waals surface area contributed by atoms with Crippen molar-refractivity contribution in [1.82, 2.24) is 4.90 Å². The maximum Gasteiger partial charge on any atom is 0.262 e. The van der Waals surface area contributed by atoms with Crippen molar-refractivity contribution in [1.29, 1.82) is 0 Å². The zero-order valence-corrected chi connectivity index (χ0v) is 19.2. The normalized spacial score (nSPS) is 17.6. The van der Waals surface area contributed by atoms with E-state index in [1.165, 1.54) is 0 Å². The molecule has 34 heavy (non-hydrogen) atoms. The Morgan fingerprint density at radius 2 is 1.53 bits per heavy atom. The van der Waals surface area contributed by atoms with Gasteiger partial charge in [-0.05, 0) is 48.7 Å². The molecule has 1 fully saturated rings. The lowest BCUT2D eigenvalue weighted by Gasteiger charge is -2.39. The number of nitrogens with one attached hydrogen (secondary N) is 1. The monoisotopic (exact) mass is 457 g/mol. The van der Waals surface area contributed by atoms with Crippen LogP contribution in [0.2, 0.25) is 0 Å². The first-order valence-corrected chi connectivity index (χ1v) is 11.8. The highest BCUT2D eigenvalue weighted by molar-refractivity contribution is 5.95. The van der Waals surface area contributed by atoms with Crippen LogP contribution in [0.5, 0.6) is 5.75 Å². The van der Waals surface area contributed by atoms with Gasteiger partial charge in [0.15, 0.2) is 6.61 Å². The van der Waals surface area contributed by atoms with Crippen molar-refractivity contribution in [2.24, 2.45) is 5.73 Å². The summed E-state index contributed by atoms with van der Waals surface area (Å²) in [5, 5.41) is 2.95. The Bertz CT molecular complexity index is 1090. The SMILES string of the molecule is NC1CCCCC1N(Cc1ccccc1NC(=O)COc1ccccc1)C(=O)c1ccccc1. The standard InChI is InChI=1S/C28H31N3O3/c29-24-16-8-10-18-26(24)31(28(33)21-11-3-1-4-12-21)19-22-13-7-9-17-25(22)30-27(32)20-34-23-14-5-2-6-15-23/h1-7,9,11-15,17,24,26H,8,10,16,18-20,29H2,(H,30,32). The molecular formula is C28H31N3O3. The van der Waals surface area contributed by atoms with Crippen LogP contribution in [-0.4, -0.2) is 35.4 Å². The number of anilines is 1. The molecule has 0 aliphatic heterocycles. The van der Waals surface area contributed by atoms with E-state index in [1.807, 2.05) is 89.8 Å². The summed E-state index contributed by atoms with van der Waals surface area (Å²) in [5.74, 6) is 0.333. The maximum atomic E-state index is 13.5. The Morgan fingerprint density at radius 1 is 0.882 bits per heavy atom. The zero-order chi connectivity index (χ0) is 23.8. The van der Waals surface area contributed by atoms with Gasteiger partial charge in [0, 0.05) is 29.9 Å². The fourth-order valence-corrected chi connectivity index (χ4v) is 4.43. The van der Waals surface area contributed by atoms with E-state index in [2.05, 4.69) is 5.32 Å². The molecule has 0 saturated heterocycles. The van der Waals surface area contributed by atoms with Gasteiger partial charge in [0.1, 0.15) is 5.75 Å². The van der Waals surface area contributed by atoms with Crippen molar-refractivity contribution in [2.75, 3.05) is 11.9 Å². The topological polar surface area (TPSA) is 84.7 Å². The number of ether oxygens (including phenoxy) is 1. The zero-order valence-electron chi connectivity index (χ0n) is 19.2. The van der Waals surface area contributed by atoms with Gasteiger partial charge < -0.3 is 20.7 Å². The van der Waals surface area contributed by atoms with Crippen LogP contribution in [0.25, 0.3) is 0 Å². The molecule has 1 aliphatic carbocycles. The van der Waals surface area contributed by atoms with E-state index < -0.39 is 0 Å². The summed E-state index contributed by atoms with van der Waals surface area (Å²) in [7, 11) is 0. The number of hydrogen-bond acceptors (Lipinski definition) is 4. The molecule has 3 aromatic rings. The van der Waals surface area contributed by atoms with E-state index in [1.54, 1.807) is 0 Å². The second-order valence-corrected chi connectivity index (χ2v) is 8.62. The number of hydrogen-bond donors (Lipinski definition) is 2. The van der Waals surface area contributed by atoms with Crippen molar-refractivity contribution in [3.05, 3.63) is 96.1 Å². The number of nitrogens with zero attached hydrogens (tertiary/aromatic N) is 1. The van der Waals surface area contributed by atoms with E-state index in [-0.39, 0.29) is 30.5 Å². The number of para-hydroxylation sites is 2. The smallest absolute Gasteiger partial charge is 0.262 e. The van der Waals surface area contributed by atoms with E-state index in [0.29, 0.717) is 23.5 Å². The highest BCUT2D eigenvalue weighted by atomic mass is 16.5. The Labute approximate surface area is 200 Å². The quantitative estimate of drug-likeness (QED) is 0.517. The van der Waals surface area contributed by atoms with Gasteiger partial charge >= 0.3 is 0 Å². The Morgan fingerprint density at radius 3 is 2.26 bits per heavy atom. The summed E-state index contributed by atoms with van der Waals surface area (Å²) >= 11 is 0. The lowest BCUT2D eigenvalue weighted by Crippen LogP contribution is -2.51. The van der Waals surface area contributed by atoms with Crippen LogP contribution in [0.15, 0.2) is 84.9 Å². The summed E-state index contributed by atoms with van der Waals surface area (Å²) in [6.07, 6.45) is 3.91. The molecular weight excluding hydrogens is 426 g/mol. The fourth-order valence-electron chi connectivity index (χ4n) is 4.43. The lowest BCUT2D eigenvalue weighted by molar-refractivity contribution is -0.118. The van der Waals surface area contributed by atoms with Gasteiger partial charge in [-0.1, -0.05) is 67.4 Å². The summed E-state index contributed by atoms with van der Waals surface area (Å²) in [6, 6.07) is 26.0. The van der Waals surface area contributed by atoms with E-state index in [9.17, 15) is 9.59 Å². The van der Waals surface area contributed by atoms with Gasteiger partial charge in [-0.25, -0.2) is 0 Å². The molecule has 3 N–H and O–H groups in total. The van der Waals surface area contributed by atoms with E-state index in [4.69, 9.17) is 10.5 Å². The van der Waals surface area contributed by atoms with Crippen LogP contribution in [-0.2, 0) is 11.3 Å². The third-order valence-corrected chi connectivity index (χ3v) is 6.21. The molecule has 2 unspecified atom stereocenters. The molecule has 0 aromatic heterocycles. The molecule has 6 heteroatoms. The summed E-state index contributed by atoms with van der Waals surface area (Å²) in [4.78, 5) is 28.0. The first kappa shape index (κ1) is 23.5. The summed E-state index contributed by atoms with van der Waals surface area (Å²) in [6.45, 7) is 0.264. The Balaban J connectivity index is 1.52. The summed E-state index contributed by atoms with van der Waals surface area (Å²) < 4.78 is 5.57. The first-order valence-electron chi connectivity index (χ1n) is 11.8. The number of rotatable bonds is 8. The highest BCUT2D eigenvalue weighted by Crippen LogP contribution is 2.27. The van der Waals surface area contributed by atoms with Crippen molar-refractivity contribution < 1.29 is 14.3 Å². The van der Waals surface area contributed by atoms with Gasteiger partial charge in [-0.15, -0.1) is 0 Å². The second-order valence-electron chi connectivity index (χ2n) is 8.62. The van der Waals surface area contributed by atoms with Gasteiger partial charge in [-0.3, -0.25) is 9.59 Å². The third kappa shape index (κ3) is 6.02. The molecule has 1 saturated carbocycles. The van der Waals surface area contributed by atoms with Crippen LogP contribution in [0.3, 0.4) is 0 Å². The highest BCUT2D eigenvalue weighted by Gasteiger charge is 2.32. The summed E-state index contributed by atoms with van der Waals surface area (Å²) in [5.41, 5.74) is 8.64. The number of carbonyl (C=O) groups is 2. The van der Waals surface area contributed by atoms with Crippen LogP contribution in [0, 0.1) is 0 Å².